The number of phenols is 2. The number of ketones is 4. The van der Waals surface area contributed by atoms with Gasteiger partial charge < -0.3 is 44.5 Å². The molecule has 1 heterocycles. The number of carbonyl (C=O) groups excluding carboxylic acids is 4. The molecule has 272 valence electrons. The van der Waals surface area contributed by atoms with Gasteiger partial charge >= 0.3 is 0 Å². The maximum atomic E-state index is 13.9. The number of Topliss-reactive ketones (excluding diaryl/α,β-unsaturated/α-hetero) is 2. The van der Waals surface area contributed by atoms with Crippen LogP contribution >= 0.6 is 22.6 Å². The predicted molar refractivity (Wildman–Crippen MR) is 184 cm³/mol. The van der Waals surface area contributed by atoms with E-state index < -0.39 is 105 Å². The van der Waals surface area contributed by atoms with E-state index in [2.05, 4.69) is 27.9 Å². The second-order valence-electron chi connectivity index (χ2n) is 13.9. The molecule has 2 aromatic rings. The number of aromatic hydroxyl groups is 2. The highest BCUT2D eigenvalue weighted by atomic mass is 127. The van der Waals surface area contributed by atoms with E-state index in [0.29, 0.717) is 0 Å². The van der Waals surface area contributed by atoms with Crippen LogP contribution in [0, 0.1) is 0 Å². The van der Waals surface area contributed by atoms with Crippen molar-refractivity contribution in [2.24, 2.45) is 0 Å². The number of methoxy groups -OCH3 is 1. The zero-order chi connectivity index (χ0) is 37.1. The quantitative estimate of drug-likeness (QED) is 0.0930. The van der Waals surface area contributed by atoms with Gasteiger partial charge in [-0.05, 0) is 63.3 Å². The van der Waals surface area contributed by atoms with Crippen LogP contribution in [0.2, 0.25) is 0 Å². The monoisotopic (exact) mass is 811 g/mol. The van der Waals surface area contributed by atoms with E-state index in [1.165, 1.54) is 25.3 Å². The van der Waals surface area contributed by atoms with Crippen molar-refractivity contribution < 1.29 is 63.7 Å². The van der Waals surface area contributed by atoms with Gasteiger partial charge in [0.1, 0.15) is 39.7 Å². The lowest BCUT2D eigenvalue weighted by Gasteiger charge is -2.44. The smallest absolute Gasteiger partial charge is 0.202 e. The first-order valence-electron chi connectivity index (χ1n) is 16.1. The van der Waals surface area contributed by atoms with Gasteiger partial charge in [0.2, 0.25) is 5.78 Å². The number of ether oxygens (including phenoxy) is 4. The van der Waals surface area contributed by atoms with E-state index >= 15 is 0 Å². The Morgan fingerprint density at radius 2 is 1.74 bits per heavy atom. The highest BCUT2D eigenvalue weighted by Crippen LogP contribution is 2.52. The third kappa shape index (κ3) is 6.93. The fourth-order valence-electron chi connectivity index (χ4n) is 6.82. The number of aliphatic hydroxyl groups excluding tert-OH is 2. The fraction of sp³-hybridized carbons (Fsp3) is 0.543. The summed E-state index contributed by atoms with van der Waals surface area (Å²) in [5.41, 5.74) is -5.05. The van der Waals surface area contributed by atoms with Crippen molar-refractivity contribution in [3.05, 3.63) is 51.6 Å². The van der Waals surface area contributed by atoms with Crippen LogP contribution in [0.1, 0.15) is 96.5 Å². The molecule has 2 aliphatic carbocycles. The first-order chi connectivity index (χ1) is 23.2. The highest BCUT2D eigenvalue weighted by Gasteiger charge is 2.50. The van der Waals surface area contributed by atoms with E-state index in [-0.39, 0.29) is 46.8 Å². The van der Waals surface area contributed by atoms with Crippen molar-refractivity contribution in [2.45, 2.75) is 99.3 Å². The standard InChI is InChI=1S/C35H42INO13/c1-15-28(41)18(37-33(2,3)22(40)14-48-34(4,5)36)10-23(49-15)50-20-12-35(46,21(39)13-38)11-17-25(20)32(45)27-26(30(17)43)29(42)16-8-7-9-19(47-6)24(16)31(27)44/h7-9,15,18,20,23,28,37-38,41,43,45-46H,10-14H2,1-6H3/t15?,18?,20-,23-,28?,35-/m0/s1. The molecule has 50 heavy (non-hydrogen) atoms. The van der Waals surface area contributed by atoms with Gasteiger partial charge in [-0.1, -0.05) is 12.1 Å². The summed E-state index contributed by atoms with van der Waals surface area (Å²) in [4.78, 5) is 53.6. The Kier molecular flexibility index (Phi) is 10.6. The summed E-state index contributed by atoms with van der Waals surface area (Å²) in [6.45, 7) is 7.25. The van der Waals surface area contributed by atoms with Crippen molar-refractivity contribution >= 4 is 45.7 Å². The number of halogens is 1. The maximum Gasteiger partial charge on any atom is 0.202 e. The zero-order valence-electron chi connectivity index (χ0n) is 28.5. The third-order valence-electron chi connectivity index (χ3n) is 9.55. The first kappa shape index (κ1) is 38.2. The van der Waals surface area contributed by atoms with Crippen LogP contribution in [0.4, 0.5) is 0 Å². The summed E-state index contributed by atoms with van der Waals surface area (Å²) in [5, 5.41) is 58.8. The Morgan fingerprint density at radius 1 is 1.08 bits per heavy atom. The van der Waals surface area contributed by atoms with Gasteiger partial charge in [-0.25, -0.2) is 0 Å². The van der Waals surface area contributed by atoms with Crippen LogP contribution in [0.5, 0.6) is 17.2 Å². The largest absolute Gasteiger partial charge is 0.507 e. The molecule has 15 heteroatoms. The molecule has 0 radical (unpaired) electrons. The fourth-order valence-corrected chi connectivity index (χ4v) is 6.98. The SMILES string of the molecule is COc1cccc2c1C(=O)c1c(O)c3c(c(O)c1C2=O)C[C@@](O)(C(=O)CO)C[C@@H]3O[C@H]1CC(NC(C)(C)C(=O)COC(C)(C)I)C(O)C(C)O1. The molecule has 1 fully saturated rings. The van der Waals surface area contributed by atoms with Gasteiger partial charge in [0.25, 0.3) is 0 Å². The average molecular weight is 812 g/mol. The minimum atomic E-state index is -2.31. The van der Waals surface area contributed by atoms with Crippen molar-refractivity contribution in [3.8, 4) is 17.2 Å². The topological polar surface area (TPSA) is 218 Å². The van der Waals surface area contributed by atoms with Crippen molar-refractivity contribution in [1.29, 1.82) is 0 Å². The summed E-state index contributed by atoms with van der Waals surface area (Å²) >= 11 is 2.06. The minimum Gasteiger partial charge on any atom is -0.507 e. The molecule has 0 saturated carbocycles. The Balaban J connectivity index is 1.53. The Morgan fingerprint density at radius 3 is 2.36 bits per heavy atom. The normalized spacial score (nSPS) is 26.6. The number of hydrogen-bond acceptors (Lipinski definition) is 14. The van der Waals surface area contributed by atoms with Crippen LogP contribution < -0.4 is 10.1 Å². The second kappa shape index (κ2) is 13.8. The van der Waals surface area contributed by atoms with Crippen LogP contribution in [-0.2, 0) is 30.2 Å². The van der Waals surface area contributed by atoms with Gasteiger partial charge in [-0.15, -0.1) is 0 Å². The average Bonchev–Trinajstić information content (AvgIpc) is 3.04. The van der Waals surface area contributed by atoms with Crippen molar-refractivity contribution in [3.63, 3.8) is 0 Å². The molecule has 0 amide bonds. The highest BCUT2D eigenvalue weighted by molar-refractivity contribution is 14.1. The van der Waals surface area contributed by atoms with Crippen molar-refractivity contribution in [1.82, 2.24) is 5.32 Å². The lowest BCUT2D eigenvalue weighted by atomic mass is 9.72. The maximum absolute atomic E-state index is 13.9. The number of alkyl halides is 1. The van der Waals surface area contributed by atoms with Crippen LogP contribution in [0.15, 0.2) is 18.2 Å². The van der Waals surface area contributed by atoms with E-state index in [1.807, 2.05) is 13.8 Å². The molecule has 1 aliphatic heterocycles. The van der Waals surface area contributed by atoms with E-state index in [4.69, 9.17) is 18.9 Å². The van der Waals surface area contributed by atoms with Crippen LogP contribution in [0.3, 0.4) is 0 Å². The summed E-state index contributed by atoms with van der Waals surface area (Å²) in [7, 11) is 1.32. The second-order valence-corrected chi connectivity index (χ2v) is 16.5. The summed E-state index contributed by atoms with van der Waals surface area (Å²) in [6, 6.07) is 3.57. The van der Waals surface area contributed by atoms with E-state index in [9.17, 15) is 44.7 Å². The molecule has 0 aromatic heterocycles. The third-order valence-corrected chi connectivity index (χ3v) is 9.86. The van der Waals surface area contributed by atoms with Crippen LogP contribution in [0.25, 0.3) is 0 Å². The zero-order valence-corrected chi connectivity index (χ0v) is 30.7. The molecule has 14 nitrogen and oxygen atoms in total. The number of aliphatic hydroxyl groups is 3. The number of rotatable bonds is 11. The van der Waals surface area contributed by atoms with Gasteiger partial charge in [-0.3, -0.25) is 24.5 Å². The molecule has 3 unspecified atom stereocenters. The molecule has 1 saturated heterocycles. The molecule has 0 bridgehead atoms. The Labute approximate surface area is 302 Å². The number of phenolic OH excluding ortho intramolecular Hbond substituents is 2. The molecule has 6 atom stereocenters. The van der Waals surface area contributed by atoms with Gasteiger partial charge in [0, 0.05) is 42.0 Å². The van der Waals surface area contributed by atoms with Gasteiger partial charge in [0.05, 0.1) is 47.7 Å². The molecular weight excluding hydrogens is 769 g/mol. The summed E-state index contributed by atoms with van der Waals surface area (Å²) in [5.74, 6) is -4.23. The lowest BCUT2D eigenvalue weighted by molar-refractivity contribution is -0.250. The predicted octanol–water partition coefficient (Wildman–Crippen LogP) is 2.17. The molecule has 0 spiro atoms. The molecular formula is C35H42INO13. The Bertz CT molecular complexity index is 1730. The lowest BCUT2D eigenvalue weighted by Crippen LogP contribution is -2.61. The number of fused-ring (bicyclic) bond motifs is 3. The molecule has 6 N–H and O–H groups in total. The molecule has 2 aromatic carbocycles. The first-order valence-corrected chi connectivity index (χ1v) is 17.2. The number of carbonyl (C=O) groups is 4. The van der Waals surface area contributed by atoms with Crippen LogP contribution in [-0.4, -0.2) is 108 Å². The Hall–Kier alpha value is -3.03. The van der Waals surface area contributed by atoms with Gasteiger partial charge in [-0.2, -0.15) is 0 Å². The minimum absolute atomic E-state index is 0.0568. The summed E-state index contributed by atoms with van der Waals surface area (Å²) in [6.07, 6.45) is -5.76. The van der Waals surface area contributed by atoms with E-state index in [1.54, 1.807) is 20.8 Å². The van der Waals surface area contributed by atoms with Crippen molar-refractivity contribution in [2.75, 3.05) is 20.3 Å². The molecule has 3 aliphatic rings. The number of benzene rings is 2. The van der Waals surface area contributed by atoms with Gasteiger partial charge in [0.15, 0.2) is 23.6 Å². The van der Waals surface area contributed by atoms with E-state index in [0.717, 1.165) is 0 Å². The molecule has 5 rings (SSSR count). The number of nitrogens with one attached hydrogen (secondary N) is 1. The number of hydrogen-bond donors (Lipinski definition) is 6. The summed E-state index contributed by atoms with van der Waals surface area (Å²) < 4.78 is 22.6.